The number of fused-ring (bicyclic) bond motifs is 1. The molecule has 184 valence electrons. The summed E-state index contributed by atoms with van der Waals surface area (Å²) in [5.41, 5.74) is 2.42. The van der Waals surface area contributed by atoms with E-state index >= 15 is 0 Å². The number of ether oxygens (including phenoxy) is 1. The third kappa shape index (κ3) is 6.50. The Morgan fingerprint density at radius 2 is 1.89 bits per heavy atom. The number of amides is 1. The Hall–Kier alpha value is -2.26. The topological polar surface area (TPSA) is 56.1 Å². The lowest BCUT2D eigenvalue weighted by Gasteiger charge is -2.19. The second-order valence-electron chi connectivity index (χ2n) is 7.75. The largest absolute Gasteiger partial charge is 0.445 e. The number of allylic oxidation sites excluding steroid dienone is 1. The minimum atomic E-state index is -2.70. The molecule has 1 amide bonds. The lowest BCUT2D eigenvalue weighted by atomic mass is 9.91. The van der Waals surface area contributed by atoms with Crippen molar-refractivity contribution in [1.82, 2.24) is 14.5 Å². The molecule has 0 saturated carbocycles. The highest BCUT2D eigenvalue weighted by Gasteiger charge is 2.28. The van der Waals surface area contributed by atoms with Gasteiger partial charge in [0.1, 0.15) is 12.3 Å². The van der Waals surface area contributed by atoms with Crippen LogP contribution in [0.2, 0.25) is 15.1 Å². The van der Waals surface area contributed by atoms with E-state index in [0.29, 0.717) is 51.2 Å². The van der Waals surface area contributed by atoms with Crippen LogP contribution in [0.4, 0.5) is 13.6 Å². The number of hydrogen-bond acceptors (Lipinski definition) is 4. The van der Waals surface area contributed by atoms with Gasteiger partial charge >= 0.3 is 6.09 Å². The molecule has 4 rings (SSSR count). The van der Waals surface area contributed by atoms with Gasteiger partial charge in [-0.05, 0) is 84.8 Å². The molecule has 0 unspecified atom stereocenters. The van der Waals surface area contributed by atoms with Crippen molar-refractivity contribution in [1.29, 1.82) is 0 Å². The molecule has 0 atom stereocenters. The van der Waals surface area contributed by atoms with Crippen LogP contribution in [0.3, 0.4) is 0 Å². The maximum Gasteiger partial charge on any atom is 0.417 e. The van der Waals surface area contributed by atoms with Crippen molar-refractivity contribution >= 4 is 58.4 Å². The summed E-state index contributed by atoms with van der Waals surface area (Å²) in [6.07, 6.45) is 0.274. The maximum atomic E-state index is 13.7. The van der Waals surface area contributed by atoms with Crippen LogP contribution < -0.4 is 4.72 Å². The lowest BCUT2D eigenvalue weighted by Crippen LogP contribution is -2.17. The van der Waals surface area contributed by atoms with Crippen molar-refractivity contribution in [3.05, 3.63) is 86.1 Å². The number of carbonyl (C=O) groups excluding carboxylic acids is 1. The molecule has 1 aliphatic rings. The van der Waals surface area contributed by atoms with E-state index < -0.39 is 12.5 Å². The number of aromatic nitrogens is 2. The molecule has 0 radical (unpaired) electrons. The van der Waals surface area contributed by atoms with Gasteiger partial charge in [-0.2, -0.15) is 5.10 Å². The summed E-state index contributed by atoms with van der Waals surface area (Å²) < 4.78 is 36.9. The second-order valence-corrected chi connectivity index (χ2v) is 9.91. The SMILES string of the molecule is O=C(NSc1ccc(Cl)cc1)OC/C=C1\CCCc2c(C(F)F)nn(Cc3ccc(Cl)cc3Cl)c21. The van der Waals surface area contributed by atoms with Crippen LogP contribution in [0.25, 0.3) is 5.57 Å². The first-order valence-corrected chi connectivity index (χ1v) is 12.6. The van der Waals surface area contributed by atoms with Crippen LogP contribution in [-0.4, -0.2) is 22.5 Å². The summed E-state index contributed by atoms with van der Waals surface area (Å²) in [6.45, 7) is 0.195. The summed E-state index contributed by atoms with van der Waals surface area (Å²) in [5, 5.41) is 5.73. The molecule has 1 heterocycles. The molecule has 1 aromatic heterocycles. The zero-order valence-electron chi connectivity index (χ0n) is 18.2. The summed E-state index contributed by atoms with van der Waals surface area (Å²) in [7, 11) is 0. The number of halogens is 5. The van der Waals surface area contributed by atoms with E-state index in [0.717, 1.165) is 22.4 Å². The normalized spacial score (nSPS) is 14.3. The third-order valence-electron chi connectivity index (χ3n) is 5.41. The van der Waals surface area contributed by atoms with Gasteiger partial charge in [-0.25, -0.2) is 13.6 Å². The Labute approximate surface area is 220 Å². The first kappa shape index (κ1) is 25.8. The van der Waals surface area contributed by atoms with Gasteiger partial charge in [0.15, 0.2) is 0 Å². The minimum Gasteiger partial charge on any atom is -0.445 e. The van der Waals surface area contributed by atoms with Crippen LogP contribution in [-0.2, 0) is 17.7 Å². The third-order valence-corrected chi connectivity index (χ3v) is 7.03. The molecule has 0 fully saturated rings. The van der Waals surface area contributed by atoms with E-state index in [-0.39, 0.29) is 18.8 Å². The molecule has 0 bridgehead atoms. The first-order valence-electron chi connectivity index (χ1n) is 10.7. The number of rotatable bonds is 7. The number of nitrogens with zero attached hydrogens (tertiary/aromatic N) is 2. The van der Waals surface area contributed by atoms with Crippen molar-refractivity contribution < 1.29 is 18.3 Å². The summed E-state index contributed by atoms with van der Waals surface area (Å²) in [6, 6.07) is 12.0. The highest BCUT2D eigenvalue weighted by Crippen LogP contribution is 2.37. The fourth-order valence-corrected chi connectivity index (χ4v) is 4.97. The highest BCUT2D eigenvalue weighted by atomic mass is 35.5. The Bertz CT molecular complexity index is 1250. The minimum absolute atomic E-state index is 0.0152. The van der Waals surface area contributed by atoms with Gasteiger partial charge in [0.2, 0.25) is 0 Å². The Morgan fingerprint density at radius 1 is 1.14 bits per heavy atom. The number of benzene rings is 2. The van der Waals surface area contributed by atoms with Crippen LogP contribution in [0.1, 0.15) is 41.8 Å². The van der Waals surface area contributed by atoms with Gasteiger partial charge in [-0.1, -0.05) is 40.9 Å². The first-order chi connectivity index (χ1) is 16.8. The van der Waals surface area contributed by atoms with Crippen molar-refractivity contribution in [2.45, 2.75) is 37.1 Å². The quantitative estimate of drug-likeness (QED) is 0.299. The van der Waals surface area contributed by atoms with Crippen molar-refractivity contribution in [2.75, 3.05) is 6.61 Å². The number of nitrogens with one attached hydrogen (secondary N) is 1. The fourth-order valence-electron chi connectivity index (χ4n) is 3.85. The van der Waals surface area contributed by atoms with Gasteiger partial charge < -0.3 is 4.74 Å². The van der Waals surface area contributed by atoms with Gasteiger partial charge in [-0.3, -0.25) is 9.40 Å². The Kier molecular flexibility index (Phi) is 8.59. The Balaban J connectivity index is 1.49. The standard InChI is InChI=1S/C24H20Cl3F2N3O2S/c25-16-6-8-18(9-7-16)35-31-24(33)34-11-10-14-2-1-3-19-21(23(28)29)30-32(22(14)19)13-15-4-5-17(26)12-20(15)27/h4-10,12,23H,1-3,11,13H2,(H,31,33)/b14-10+. The average Bonchev–Trinajstić information content (AvgIpc) is 3.20. The van der Waals surface area contributed by atoms with Gasteiger partial charge in [0.25, 0.3) is 6.43 Å². The van der Waals surface area contributed by atoms with Gasteiger partial charge in [0, 0.05) is 25.5 Å². The Morgan fingerprint density at radius 3 is 2.60 bits per heavy atom. The molecule has 1 aliphatic carbocycles. The van der Waals surface area contributed by atoms with E-state index in [4.69, 9.17) is 39.5 Å². The van der Waals surface area contributed by atoms with Crippen molar-refractivity contribution in [3.8, 4) is 0 Å². The predicted octanol–water partition coefficient (Wildman–Crippen LogP) is 7.98. The molecule has 35 heavy (non-hydrogen) atoms. The smallest absolute Gasteiger partial charge is 0.417 e. The zero-order valence-corrected chi connectivity index (χ0v) is 21.3. The monoisotopic (exact) mass is 557 g/mol. The predicted molar refractivity (Wildman–Crippen MR) is 135 cm³/mol. The number of alkyl halides is 2. The molecular weight excluding hydrogens is 539 g/mol. The van der Waals surface area contributed by atoms with Gasteiger partial charge in [-0.15, -0.1) is 0 Å². The number of carbonyl (C=O) groups is 1. The molecule has 11 heteroatoms. The fraction of sp³-hybridized carbons (Fsp3) is 0.250. The van der Waals surface area contributed by atoms with Crippen LogP contribution in [0, 0.1) is 0 Å². The highest BCUT2D eigenvalue weighted by molar-refractivity contribution is 7.98. The maximum absolute atomic E-state index is 13.7. The summed E-state index contributed by atoms with van der Waals surface area (Å²) in [4.78, 5) is 12.9. The molecule has 3 aromatic rings. The van der Waals surface area contributed by atoms with Crippen LogP contribution >= 0.6 is 46.8 Å². The average molecular weight is 559 g/mol. The van der Waals surface area contributed by atoms with Gasteiger partial charge in [0.05, 0.1) is 12.2 Å². The van der Waals surface area contributed by atoms with Crippen LogP contribution in [0.15, 0.2) is 53.4 Å². The molecule has 1 N–H and O–H groups in total. The van der Waals surface area contributed by atoms with E-state index in [1.54, 1.807) is 53.2 Å². The van der Waals surface area contributed by atoms with Crippen molar-refractivity contribution in [3.63, 3.8) is 0 Å². The second kappa shape index (κ2) is 11.6. The van der Waals surface area contributed by atoms with E-state index in [2.05, 4.69) is 9.82 Å². The lowest BCUT2D eigenvalue weighted by molar-refractivity contribution is 0.144. The van der Waals surface area contributed by atoms with E-state index in [1.165, 1.54) is 0 Å². The number of hydrogen-bond donors (Lipinski definition) is 1. The molecule has 2 aromatic carbocycles. The molecule has 5 nitrogen and oxygen atoms in total. The molecule has 0 saturated heterocycles. The summed E-state index contributed by atoms with van der Waals surface area (Å²) in [5.74, 6) is 0. The van der Waals surface area contributed by atoms with E-state index in [9.17, 15) is 13.6 Å². The molecular formula is C24H20Cl3F2N3O2S. The van der Waals surface area contributed by atoms with Crippen LogP contribution in [0.5, 0.6) is 0 Å². The van der Waals surface area contributed by atoms with Crippen molar-refractivity contribution in [2.24, 2.45) is 0 Å². The zero-order chi connectivity index (χ0) is 24.9. The molecule has 0 aliphatic heterocycles. The van der Waals surface area contributed by atoms with E-state index in [1.807, 2.05) is 0 Å². The summed E-state index contributed by atoms with van der Waals surface area (Å²) >= 11 is 19.2. The molecule has 0 spiro atoms.